The number of piperidine rings is 1. The predicted octanol–water partition coefficient (Wildman–Crippen LogP) is 1.31. The number of hydrogen-bond donors (Lipinski definition) is 2. The van der Waals surface area contributed by atoms with Crippen LogP contribution >= 0.6 is 0 Å². The monoisotopic (exact) mass is 254 g/mol. The Kier molecular flexibility index (Phi) is 3.70. The molecule has 104 valence electrons. The van der Waals surface area contributed by atoms with Gasteiger partial charge in [-0.05, 0) is 39.3 Å². The number of amides is 1. The molecule has 2 fully saturated rings. The molecule has 2 atom stereocenters. The summed E-state index contributed by atoms with van der Waals surface area (Å²) in [5, 5.41) is 6.51. The third kappa shape index (κ3) is 2.16. The van der Waals surface area contributed by atoms with E-state index in [0.717, 1.165) is 32.4 Å². The lowest BCUT2D eigenvalue weighted by Gasteiger charge is -2.59. The molecule has 0 aromatic heterocycles. The van der Waals surface area contributed by atoms with Crippen molar-refractivity contribution < 1.29 is 9.53 Å². The van der Waals surface area contributed by atoms with Gasteiger partial charge in [-0.1, -0.05) is 13.8 Å². The van der Waals surface area contributed by atoms with Gasteiger partial charge in [0.15, 0.2) is 0 Å². The van der Waals surface area contributed by atoms with E-state index in [1.807, 2.05) is 0 Å². The normalized spacial score (nSPS) is 35.9. The van der Waals surface area contributed by atoms with Crippen LogP contribution in [-0.2, 0) is 9.53 Å². The average molecular weight is 254 g/mol. The van der Waals surface area contributed by atoms with Crippen molar-refractivity contribution in [3.05, 3.63) is 0 Å². The maximum atomic E-state index is 12.2. The van der Waals surface area contributed by atoms with Gasteiger partial charge in [-0.25, -0.2) is 0 Å². The lowest BCUT2D eigenvalue weighted by Crippen LogP contribution is -2.69. The Bertz CT molecular complexity index is 324. The molecule has 1 saturated heterocycles. The van der Waals surface area contributed by atoms with Crippen LogP contribution in [0.25, 0.3) is 0 Å². The molecule has 18 heavy (non-hydrogen) atoms. The second-order valence-corrected chi connectivity index (χ2v) is 6.45. The molecule has 0 spiro atoms. The number of ether oxygens (including phenoxy) is 1. The Hall–Kier alpha value is -0.610. The minimum Gasteiger partial charge on any atom is -0.378 e. The van der Waals surface area contributed by atoms with E-state index >= 15 is 0 Å². The van der Waals surface area contributed by atoms with Crippen LogP contribution in [0.15, 0.2) is 0 Å². The zero-order valence-electron chi connectivity index (χ0n) is 12.0. The van der Waals surface area contributed by atoms with Crippen molar-refractivity contribution in [2.24, 2.45) is 11.3 Å². The summed E-state index contributed by atoms with van der Waals surface area (Å²) in [7, 11) is 1.76. The van der Waals surface area contributed by atoms with Crippen LogP contribution in [-0.4, -0.2) is 37.7 Å². The SMILES string of the molecule is COC1(C)CC(NC(=O)C2CCNCC2)C1(C)C. The van der Waals surface area contributed by atoms with Crippen LogP contribution in [0.2, 0.25) is 0 Å². The Morgan fingerprint density at radius 3 is 2.39 bits per heavy atom. The number of carbonyl (C=O) groups excluding carboxylic acids is 1. The van der Waals surface area contributed by atoms with E-state index in [9.17, 15) is 4.79 Å². The Labute approximate surface area is 110 Å². The average Bonchev–Trinajstić information content (AvgIpc) is 2.38. The van der Waals surface area contributed by atoms with Gasteiger partial charge >= 0.3 is 0 Å². The smallest absolute Gasteiger partial charge is 0.223 e. The summed E-state index contributed by atoms with van der Waals surface area (Å²) in [6.45, 7) is 8.39. The van der Waals surface area contributed by atoms with Crippen molar-refractivity contribution in [2.75, 3.05) is 20.2 Å². The molecular formula is C14H26N2O2. The fourth-order valence-corrected chi connectivity index (χ4v) is 3.10. The van der Waals surface area contributed by atoms with Gasteiger partial charge < -0.3 is 15.4 Å². The molecule has 2 N–H and O–H groups in total. The number of carbonyl (C=O) groups is 1. The minimum atomic E-state index is -0.112. The van der Waals surface area contributed by atoms with Gasteiger partial charge in [0.05, 0.1) is 5.60 Å². The highest BCUT2D eigenvalue weighted by Crippen LogP contribution is 2.51. The van der Waals surface area contributed by atoms with Gasteiger partial charge in [0.2, 0.25) is 5.91 Å². The van der Waals surface area contributed by atoms with Crippen LogP contribution in [0.3, 0.4) is 0 Å². The van der Waals surface area contributed by atoms with Gasteiger partial charge in [-0.2, -0.15) is 0 Å². The summed E-state index contributed by atoms with van der Waals surface area (Å²) in [5.74, 6) is 0.421. The first-order chi connectivity index (χ1) is 8.40. The number of rotatable bonds is 3. The van der Waals surface area contributed by atoms with Crippen LogP contribution in [0.1, 0.15) is 40.0 Å². The van der Waals surface area contributed by atoms with Crippen LogP contribution in [0.5, 0.6) is 0 Å². The van der Waals surface area contributed by atoms with E-state index in [1.165, 1.54) is 0 Å². The van der Waals surface area contributed by atoms with Gasteiger partial charge in [0.25, 0.3) is 0 Å². The van der Waals surface area contributed by atoms with E-state index in [-0.39, 0.29) is 28.9 Å². The number of methoxy groups -OCH3 is 1. The molecule has 1 amide bonds. The topological polar surface area (TPSA) is 50.4 Å². The third-order valence-corrected chi connectivity index (χ3v) is 5.30. The molecule has 2 aliphatic rings. The largest absolute Gasteiger partial charge is 0.378 e. The molecule has 4 heteroatoms. The molecule has 0 aromatic carbocycles. The highest BCUT2D eigenvalue weighted by atomic mass is 16.5. The number of nitrogens with one attached hydrogen (secondary N) is 2. The Morgan fingerprint density at radius 2 is 1.89 bits per heavy atom. The molecule has 1 aliphatic carbocycles. The lowest BCUT2D eigenvalue weighted by molar-refractivity contribution is -0.183. The highest BCUT2D eigenvalue weighted by Gasteiger charge is 2.58. The standard InChI is InChI=1S/C14H26N2O2/c1-13(2)11(9-14(13,3)18-4)16-12(17)10-5-7-15-8-6-10/h10-11,15H,5-9H2,1-4H3,(H,16,17). The van der Waals surface area contributed by atoms with E-state index in [4.69, 9.17) is 4.74 Å². The third-order valence-electron chi connectivity index (χ3n) is 5.30. The molecule has 2 unspecified atom stereocenters. The fraction of sp³-hybridized carbons (Fsp3) is 0.929. The highest BCUT2D eigenvalue weighted by molar-refractivity contribution is 5.79. The Morgan fingerprint density at radius 1 is 1.28 bits per heavy atom. The van der Waals surface area contributed by atoms with Crippen molar-refractivity contribution in [3.8, 4) is 0 Å². The zero-order chi connectivity index (χ0) is 13.4. The molecule has 1 saturated carbocycles. The van der Waals surface area contributed by atoms with Gasteiger partial charge in [0, 0.05) is 24.5 Å². The predicted molar refractivity (Wildman–Crippen MR) is 71.3 cm³/mol. The zero-order valence-corrected chi connectivity index (χ0v) is 12.0. The van der Waals surface area contributed by atoms with Gasteiger partial charge in [-0.15, -0.1) is 0 Å². The molecule has 4 nitrogen and oxygen atoms in total. The summed E-state index contributed by atoms with van der Waals surface area (Å²) < 4.78 is 5.58. The van der Waals surface area contributed by atoms with Crippen molar-refractivity contribution in [2.45, 2.75) is 51.7 Å². The molecular weight excluding hydrogens is 228 g/mol. The maximum Gasteiger partial charge on any atom is 0.223 e. The van der Waals surface area contributed by atoms with Gasteiger partial charge in [-0.3, -0.25) is 4.79 Å². The van der Waals surface area contributed by atoms with E-state index in [2.05, 4.69) is 31.4 Å². The molecule has 0 radical (unpaired) electrons. The van der Waals surface area contributed by atoms with Crippen molar-refractivity contribution in [1.29, 1.82) is 0 Å². The summed E-state index contributed by atoms with van der Waals surface area (Å²) in [6, 6.07) is 0.241. The summed E-state index contributed by atoms with van der Waals surface area (Å²) in [4.78, 5) is 12.2. The summed E-state index contributed by atoms with van der Waals surface area (Å²) in [6.07, 6.45) is 2.83. The second kappa shape index (κ2) is 4.82. The second-order valence-electron chi connectivity index (χ2n) is 6.45. The molecule has 2 rings (SSSR count). The molecule has 0 bridgehead atoms. The molecule has 1 heterocycles. The first-order valence-electron chi connectivity index (χ1n) is 6.97. The Balaban J connectivity index is 1.89. The van der Waals surface area contributed by atoms with E-state index in [1.54, 1.807) is 7.11 Å². The van der Waals surface area contributed by atoms with Crippen LogP contribution in [0.4, 0.5) is 0 Å². The number of hydrogen-bond acceptors (Lipinski definition) is 3. The molecule has 1 aliphatic heterocycles. The summed E-state index contributed by atoms with van der Waals surface area (Å²) in [5.41, 5.74) is -0.108. The fourth-order valence-electron chi connectivity index (χ4n) is 3.10. The minimum absolute atomic E-state index is 0.00429. The first kappa shape index (κ1) is 13.8. The lowest BCUT2D eigenvalue weighted by atomic mass is 9.55. The molecule has 0 aromatic rings. The van der Waals surface area contributed by atoms with Crippen molar-refractivity contribution in [1.82, 2.24) is 10.6 Å². The van der Waals surface area contributed by atoms with Gasteiger partial charge in [0.1, 0.15) is 0 Å². The first-order valence-corrected chi connectivity index (χ1v) is 6.97. The summed E-state index contributed by atoms with van der Waals surface area (Å²) >= 11 is 0. The quantitative estimate of drug-likeness (QED) is 0.798. The maximum absolute atomic E-state index is 12.2. The van der Waals surface area contributed by atoms with Crippen molar-refractivity contribution in [3.63, 3.8) is 0 Å². The van der Waals surface area contributed by atoms with Crippen molar-refractivity contribution >= 4 is 5.91 Å². The van der Waals surface area contributed by atoms with E-state index < -0.39 is 0 Å². The van der Waals surface area contributed by atoms with Crippen LogP contribution in [0, 0.1) is 11.3 Å². The van der Waals surface area contributed by atoms with Crippen LogP contribution < -0.4 is 10.6 Å². The van der Waals surface area contributed by atoms with E-state index in [0.29, 0.717) is 0 Å².